The Morgan fingerprint density at radius 3 is 2.12 bits per heavy atom. The Morgan fingerprint density at radius 2 is 1.53 bits per heavy atom. The first-order valence-corrected chi connectivity index (χ1v) is 6.90. The van der Waals surface area contributed by atoms with Crippen LogP contribution in [0.4, 0.5) is 0 Å². The number of amides is 1. The van der Waals surface area contributed by atoms with E-state index in [9.17, 15) is 4.79 Å². The van der Waals surface area contributed by atoms with Crippen molar-refractivity contribution in [2.75, 3.05) is 46.3 Å². The van der Waals surface area contributed by atoms with Gasteiger partial charge in [-0.05, 0) is 39.9 Å². The van der Waals surface area contributed by atoms with Crippen LogP contribution in [-0.2, 0) is 4.79 Å². The molecule has 2 aliphatic rings. The van der Waals surface area contributed by atoms with E-state index in [1.165, 1.54) is 19.3 Å². The quantitative estimate of drug-likeness (QED) is 0.707. The molecule has 0 aromatic carbocycles. The number of carbonyl (C=O) groups is 1. The lowest BCUT2D eigenvalue weighted by molar-refractivity contribution is -0.138. The second-order valence-electron chi connectivity index (χ2n) is 5.40. The number of likely N-dealkylation sites (N-methyl/N-ethyl adjacent to an activating group) is 1. The smallest absolute Gasteiger partial charge is 0.239 e. The van der Waals surface area contributed by atoms with Crippen LogP contribution in [0, 0.1) is 0 Å². The van der Waals surface area contributed by atoms with Crippen LogP contribution in [0.5, 0.6) is 0 Å². The third-order valence-corrected chi connectivity index (χ3v) is 4.11. The highest BCUT2D eigenvalue weighted by molar-refractivity contribution is 5.81. The molecule has 0 aromatic heterocycles. The van der Waals surface area contributed by atoms with Crippen LogP contribution in [0.15, 0.2) is 0 Å². The van der Waals surface area contributed by atoms with Crippen molar-refractivity contribution in [2.24, 2.45) is 0 Å². The maximum absolute atomic E-state index is 12.4. The molecule has 4 nitrogen and oxygen atoms in total. The maximum Gasteiger partial charge on any atom is 0.239 e. The third-order valence-electron chi connectivity index (χ3n) is 4.11. The summed E-state index contributed by atoms with van der Waals surface area (Å²) in [7, 11) is 2.12. The molecule has 2 saturated heterocycles. The zero-order chi connectivity index (χ0) is 12.3. The number of piperazine rings is 1. The largest absolute Gasteiger partial charge is 0.339 e. The minimum absolute atomic E-state index is 0.0821. The normalized spacial score (nSPS) is 25.9. The van der Waals surface area contributed by atoms with Crippen LogP contribution >= 0.6 is 0 Å². The number of hydrogen-bond donors (Lipinski definition) is 0. The lowest BCUT2D eigenvalue weighted by Crippen LogP contribution is -2.54. The van der Waals surface area contributed by atoms with Crippen molar-refractivity contribution in [1.29, 1.82) is 0 Å². The fourth-order valence-corrected chi connectivity index (χ4v) is 2.75. The molecule has 0 saturated carbocycles. The minimum Gasteiger partial charge on any atom is -0.339 e. The molecule has 17 heavy (non-hydrogen) atoms. The van der Waals surface area contributed by atoms with Gasteiger partial charge in [-0.15, -0.1) is 0 Å². The fraction of sp³-hybridized carbons (Fsp3) is 0.923. The number of piperidine rings is 1. The lowest BCUT2D eigenvalue weighted by atomic mass is 10.1. The van der Waals surface area contributed by atoms with Gasteiger partial charge in [-0.2, -0.15) is 0 Å². The summed E-state index contributed by atoms with van der Waals surface area (Å²) in [4.78, 5) is 19.0. The molecule has 2 aliphatic heterocycles. The highest BCUT2D eigenvalue weighted by Crippen LogP contribution is 2.14. The van der Waals surface area contributed by atoms with E-state index in [0.29, 0.717) is 5.91 Å². The van der Waals surface area contributed by atoms with Gasteiger partial charge in [0.25, 0.3) is 0 Å². The summed E-state index contributed by atoms with van der Waals surface area (Å²) >= 11 is 0. The van der Waals surface area contributed by atoms with E-state index in [1.807, 2.05) is 4.90 Å². The SMILES string of the molecule is CC(C(=O)N1CCN(C)CC1)N1CCCCC1. The molecular weight excluding hydrogens is 214 g/mol. The molecule has 0 radical (unpaired) electrons. The average molecular weight is 239 g/mol. The van der Waals surface area contributed by atoms with E-state index in [1.54, 1.807) is 0 Å². The third kappa shape index (κ3) is 3.19. The summed E-state index contributed by atoms with van der Waals surface area (Å²) in [5.74, 6) is 0.333. The highest BCUT2D eigenvalue weighted by Gasteiger charge is 2.28. The topological polar surface area (TPSA) is 26.8 Å². The Hall–Kier alpha value is -0.610. The van der Waals surface area contributed by atoms with Crippen LogP contribution in [0.3, 0.4) is 0 Å². The molecule has 0 N–H and O–H groups in total. The first kappa shape index (κ1) is 12.8. The van der Waals surface area contributed by atoms with Crippen molar-refractivity contribution in [3.05, 3.63) is 0 Å². The highest BCUT2D eigenvalue weighted by atomic mass is 16.2. The summed E-state index contributed by atoms with van der Waals surface area (Å²) in [6.07, 6.45) is 3.83. The summed E-state index contributed by atoms with van der Waals surface area (Å²) in [5.41, 5.74) is 0. The number of hydrogen-bond acceptors (Lipinski definition) is 3. The molecule has 0 aromatic rings. The van der Waals surface area contributed by atoms with Crippen LogP contribution in [0.2, 0.25) is 0 Å². The number of rotatable bonds is 2. The van der Waals surface area contributed by atoms with Crippen molar-refractivity contribution in [3.8, 4) is 0 Å². The molecule has 1 amide bonds. The van der Waals surface area contributed by atoms with Crippen molar-refractivity contribution in [2.45, 2.75) is 32.2 Å². The van der Waals surface area contributed by atoms with Gasteiger partial charge in [0.1, 0.15) is 0 Å². The summed E-state index contributed by atoms with van der Waals surface area (Å²) in [5, 5.41) is 0. The van der Waals surface area contributed by atoms with Gasteiger partial charge in [-0.3, -0.25) is 9.69 Å². The van der Waals surface area contributed by atoms with Crippen molar-refractivity contribution < 1.29 is 4.79 Å². The summed E-state index contributed by atoms with van der Waals surface area (Å²) in [6, 6.07) is 0.0821. The molecule has 0 aliphatic carbocycles. The standard InChI is InChI=1S/C13H25N3O/c1-12(15-6-4-3-5-7-15)13(17)16-10-8-14(2)9-11-16/h12H,3-11H2,1-2H3. The fourth-order valence-electron chi connectivity index (χ4n) is 2.75. The van der Waals surface area contributed by atoms with Gasteiger partial charge >= 0.3 is 0 Å². The molecule has 98 valence electrons. The zero-order valence-corrected chi connectivity index (χ0v) is 11.2. The molecule has 2 rings (SSSR count). The van der Waals surface area contributed by atoms with E-state index < -0.39 is 0 Å². The van der Waals surface area contributed by atoms with Crippen LogP contribution in [-0.4, -0.2) is 73.0 Å². The Bertz CT molecular complexity index is 255. The Balaban J connectivity index is 1.85. The van der Waals surface area contributed by atoms with E-state index in [0.717, 1.165) is 39.3 Å². The number of carbonyl (C=O) groups excluding carboxylic acids is 1. The van der Waals surface area contributed by atoms with Gasteiger partial charge in [-0.25, -0.2) is 0 Å². The Kier molecular flexibility index (Phi) is 4.40. The monoisotopic (exact) mass is 239 g/mol. The first-order chi connectivity index (χ1) is 8.18. The van der Waals surface area contributed by atoms with E-state index in [2.05, 4.69) is 23.8 Å². The van der Waals surface area contributed by atoms with Gasteiger partial charge in [0.2, 0.25) is 5.91 Å². The van der Waals surface area contributed by atoms with E-state index >= 15 is 0 Å². The van der Waals surface area contributed by atoms with Crippen molar-refractivity contribution in [3.63, 3.8) is 0 Å². The van der Waals surface area contributed by atoms with Gasteiger partial charge in [0.15, 0.2) is 0 Å². The zero-order valence-electron chi connectivity index (χ0n) is 11.2. The molecule has 2 heterocycles. The minimum atomic E-state index is 0.0821. The van der Waals surface area contributed by atoms with Crippen LogP contribution in [0.1, 0.15) is 26.2 Å². The average Bonchev–Trinajstić information content (AvgIpc) is 2.39. The maximum atomic E-state index is 12.4. The van der Waals surface area contributed by atoms with Gasteiger partial charge < -0.3 is 9.80 Å². The van der Waals surface area contributed by atoms with E-state index in [-0.39, 0.29) is 6.04 Å². The predicted molar refractivity (Wildman–Crippen MR) is 69.0 cm³/mol. The molecule has 1 unspecified atom stereocenters. The van der Waals surface area contributed by atoms with Gasteiger partial charge in [0.05, 0.1) is 6.04 Å². The van der Waals surface area contributed by atoms with E-state index in [4.69, 9.17) is 0 Å². The Morgan fingerprint density at radius 1 is 0.941 bits per heavy atom. The second kappa shape index (κ2) is 5.83. The van der Waals surface area contributed by atoms with Crippen molar-refractivity contribution in [1.82, 2.24) is 14.7 Å². The summed E-state index contributed by atoms with van der Waals surface area (Å²) in [6.45, 7) is 8.09. The van der Waals surface area contributed by atoms with Gasteiger partial charge in [0, 0.05) is 26.2 Å². The molecule has 0 bridgehead atoms. The lowest BCUT2D eigenvalue weighted by Gasteiger charge is -2.38. The molecule has 1 atom stereocenters. The molecule has 2 fully saturated rings. The summed E-state index contributed by atoms with van der Waals surface area (Å²) < 4.78 is 0. The van der Waals surface area contributed by atoms with Gasteiger partial charge in [-0.1, -0.05) is 6.42 Å². The molecule has 4 heteroatoms. The number of nitrogens with zero attached hydrogens (tertiary/aromatic N) is 3. The van der Waals surface area contributed by atoms with Crippen molar-refractivity contribution >= 4 is 5.91 Å². The van der Waals surface area contributed by atoms with Crippen LogP contribution in [0.25, 0.3) is 0 Å². The predicted octanol–water partition coefficient (Wildman–Crippen LogP) is 0.635. The second-order valence-corrected chi connectivity index (χ2v) is 5.40. The molecule has 0 spiro atoms. The Labute approximate surface area is 105 Å². The number of likely N-dealkylation sites (tertiary alicyclic amines) is 1. The first-order valence-electron chi connectivity index (χ1n) is 6.90. The van der Waals surface area contributed by atoms with Crippen LogP contribution < -0.4 is 0 Å². The molecular formula is C13H25N3O.